The second-order valence-electron chi connectivity index (χ2n) is 4.48. The quantitative estimate of drug-likeness (QED) is 0.857. The van der Waals surface area contributed by atoms with Crippen LogP contribution in [0.2, 0.25) is 0 Å². The Morgan fingerprint density at radius 3 is 2.95 bits per heavy atom. The molecular formula is C14H16FNO3S. The fourth-order valence-electron chi connectivity index (χ4n) is 2.20. The number of nitrogens with zero attached hydrogens (tertiary/aromatic N) is 1. The number of anilines is 1. The normalized spacial score (nSPS) is 18.4. The van der Waals surface area contributed by atoms with Crippen molar-refractivity contribution in [1.29, 1.82) is 0 Å². The van der Waals surface area contributed by atoms with E-state index in [1.165, 1.54) is 30.8 Å². The minimum absolute atomic E-state index is 0.00575. The Balaban J connectivity index is 2.23. The van der Waals surface area contributed by atoms with Crippen molar-refractivity contribution in [1.82, 2.24) is 0 Å². The van der Waals surface area contributed by atoms with E-state index >= 15 is 0 Å². The molecule has 1 aromatic rings. The third kappa shape index (κ3) is 3.30. The number of hydrogen-bond acceptors (Lipinski definition) is 4. The Labute approximate surface area is 121 Å². The summed E-state index contributed by atoms with van der Waals surface area (Å²) < 4.78 is 18.7. The number of amides is 1. The predicted molar refractivity (Wildman–Crippen MR) is 76.6 cm³/mol. The molecule has 1 heterocycles. The zero-order chi connectivity index (χ0) is 14.7. The summed E-state index contributed by atoms with van der Waals surface area (Å²) in [6.07, 6.45) is 0.313. The van der Waals surface area contributed by atoms with Gasteiger partial charge in [-0.1, -0.05) is 11.8 Å². The van der Waals surface area contributed by atoms with Gasteiger partial charge in [0.25, 0.3) is 0 Å². The first kappa shape index (κ1) is 14.8. The van der Waals surface area contributed by atoms with E-state index in [9.17, 15) is 14.0 Å². The second kappa shape index (κ2) is 6.26. The van der Waals surface area contributed by atoms with Gasteiger partial charge in [0.1, 0.15) is 11.6 Å². The van der Waals surface area contributed by atoms with Gasteiger partial charge in [-0.15, -0.1) is 0 Å². The van der Waals surface area contributed by atoms with Crippen LogP contribution in [0.3, 0.4) is 0 Å². The number of rotatable bonds is 4. The number of benzene rings is 1. The second-order valence-corrected chi connectivity index (χ2v) is 5.96. The summed E-state index contributed by atoms with van der Waals surface area (Å²) >= 11 is 1.17. The monoisotopic (exact) mass is 297 g/mol. The molecule has 2 rings (SSSR count). The largest absolute Gasteiger partial charge is 0.492 e. The van der Waals surface area contributed by atoms with Crippen LogP contribution in [0.15, 0.2) is 18.2 Å². The van der Waals surface area contributed by atoms with E-state index in [1.807, 2.05) is 0 Å². The summed E-state index contributed by atoms with van der Waals surface area (Å²) in [5.41, 5.74) is 0.560. The number of carbonyl (C=O) groups is 2. The average molecular weight is 297 g/mol. The third-order valence-electron chi connectivity index (χ3n) is 2.93. The highest BCUT2D eigenvalue weighted by molar-refractivity contribution is 8.14. The topological polar surface area (TPSA) is 46.6 Å². The van der Waals surface area contributed by atoms with Gasteiger partial charge in [0.15, 0.2) is 5.12 Å². The highest BCUT2D eigenvalue weighted by atomic mass is 32.2. The molecule has 1 aromatic carbocycles. The summed E-state index contributed by atoms with van der Waals surface area (Å²) in [5.74, 6) is -0.121. The van der Waals surface area contributed by atoms with E-state index < -0.39 is 5.82 Å². The van der Waals surface area contributed by atoms with Crippen LogP contribution in [0.4, 0.5) is 10.1 Å². The molecule has 0 aromatic heterocycles. The molecule has 4 nitrogen and oxygen atoms in total. The maximum Gasteiger partial charge on any atom is 0.228 e. The highest BCUT2D eigenvalue weighted by Gasteiger charge is 2.33. The van der Waals surface area contributed by atoms with Gasteiger partial charge in [-0.3, -0.25) is 9.59 Å². The van der Waals surface area contributed by atoms with Gasteiger partial charge in [-0.05, 0) is 19.1 Å². The molecular weight excluding hydrogens is 281 g/mol. The minimum Gasteiger partial charge on any atom is -0.492 e. The zero-order valence-electron chi connectivity index (χ0n) is 11.4. The molecule has 0 saturated carbocycles. The van der Waals surface area contributed by atoms with Crippen LogP contribution in [0.25, 0.3) is 0 Å². The number of halogens is 1. The molecule has 1 aliphatic heterocycles. The number of ether oxygens (including phenoxy) is 1. The highest BCUT2D eigenvalue weighted by Crippen LogP contribution is 2.35. The SMILES string of the molecule is CCOc1cc(F)ccc1N1CC(SC(C)=O)CC1=O. The standard InChI is InChI=1S/C14H16FNO3S/c1-3-19-13-6-10(15)4-5-12(13)16-8-11(7-14(16)18)20-9(2)17/h4-6,11H,3,7-8H2,1-2H3. The van der Waals surface area contributed by atoms with Crippen LogP contribution in [0, 0.1) is 5.82 Å². The molecule has 108 valence electrons. The van der Waals surface area contributed by atoms with Gasteiger partial charge >= 0.3 is 0 Å². The van der Waals surface area contributed by atoms with Crippen LogP contribution in [0.1, 0.15) is 20.3 Å². The summed E-state index contributed by atoms with van der Waals surface area (Å²) in [6.45, 7) is 4.12. The van der Waals surface area contributed by atoms with Crippen LogP contribution >= 0.6 is 11.8 Å². The Morgan fingerprint density at radius 2 is 2.30 bits per heavy atom. The van der Waals surface area contributed by atoms with Crippen LogP contribution in [-0.2, 0) is 9.59 Å². The zero-order valence-corrected chi connectivity index (χ0v) is 12.2. The van der Waals surface area contributed by atoms with Gasteiger partial charge in [-0.25, -0.2) is 4.39 Å². The van der Waals surface area contributed by atoms with E-state index in [2.05, 4.69) is 0 Å². The van der Waals surface area contributed by atoms with E-state index in [1.54, 1.807) is 17.9 Å². The van der Waals surface area contributed by atoms with Crippen molar-refractivity contribution in [3.05, 3.63) is 24.0 Å². The third-order valence-corrected chi connectivity index (χ3v) is 3.92. The molecule has 0 radical (unpaired) electrons. The molecule has 1 atom stereocenters. The van der Waals surface area contributed by atoms with E-state index in [0.717, 1.165) is 0 Å². The van der Waals surface area contributed by atoms with Crippen molar-refractivity contribution in [3.63, 3.8) is 0 Å². The van der Waals surface area contributed by atoms with Gasteiger partial charge in [0, 0.05) is 31.2 Å². The summed E-state index contributed by atoms with van der Waals surface area (Å²) in [6, 6.07) is 4.12. The molecule has 1 unspecified atom stereocenters. The molecule has 6 heteroatoms. The predicted octanol–water partition coefficient (Wildman–Crippen LogP) is 2.61. The van der Waals surface area contributed by atoms with Crippen molar-refractivity contribution in [2.24, 2.45) is 0 Å². The molecule has 1 saturated heterocycles. The van der Waals surface area contributed by atoms with Crippen molar-refractivity contribution < 1.29 is 18.7 Å². The van der Waals surface area contributed by atoms with Gasteiger partial charge in [0.05, 0.1) is 12.3 Å². The smallest absolute Gasteiger partial charge is 0.228 e. The number of hydrogen-bond donors (Lipinski definition) is 0. The van der Waals surface area contributed by atoms with E-state index in [-0.39, 0.29) is 16.3 Å². The number of carbonyl (C=O) groups excluding carboxylic acids is 2. The lowest BCUT2D eigenvalue weighted by molar-refractivity contribution is -0.117. The van der Waals surface area contributed by atoms with Crippen molar-refractivity contribution in [2.75, 3.05) is 18.1 Å². The maximum atomic E-state index is 13.3. The summed E-state index contributed by atoms with van der Waals surface area (Å²) in [4.78, 5) is 24.7. The van der Waals surface area contributed by atoms with Gasteiger partial charge in [-0.2, -0.15) is 0 Å². The molecule has 1 aliphatic rings. The molecule has 20 heavy (non-hydrogen) atoms. The van der Waals surface area contributed by atoms with Crippen molar-refractivity contribution >= 4 is 28.5 Å². The Bertz CT molecular complexity index is 535. The minimum atomic E-state index is -0.404. The lowest BCUT2D eigenvalue weighted by Crippen LogP contribution is -2.25. The molecule has 0 spiro atoms. The average Bonchev–Trinajstić information content (AvgIpc) is 2.70. The molecule has 0 bridgehead atoms. The molecule has 1 fully saturated rings. The maximum absolute atomic E-state index is 13.3. The number of thioether (sulfide) groups is 1. The Hall–Kier alpha value is -1.56. The lowest BCUT2D eigenvalue weighted by atomic mass is 10.2. The van der Waals surface area contributed by atoms with Gasteiger partial charge < -0.3 is 9.64 Å². The fraction of sp³-hybridized carbons (Fsp3) is 0.429. The van der Waals surface area contributed by atoms with Crippen LogP contribution < -0.4 is 9.64 Å². The van der Waals surface area contributed by atoms with E-state index in [0.29, 0.717) is 31.0 Å². The first-order chi connectivity index (χ1) is 9.51. The first-order valence-electron chi connectivity index (χ1n) is 6.41. The first-order valence-corrected chi connectivity index (χ1v) is 7.29. The summed E-state index contributed by atoms with van der Waals surface area (Å²) in [5, 5.41) is -0.0617. The Kier molecular flexibility index (Phi) is 4.65. The van der Waals surface area contributed by atoms with Crippen molar-refractivity contribution in [3.8, 4) is 5.75 Å². The van der Waals surface area contributed by atoms with Crippen molar-refractivity contribution in [2.45, 2.75) is 25.5 Å². The van der Waals surface area contributed by atoms with Gasteiger partial charge in [0.2, 0.25) is 5.91 Å². The molecule has 0 N–H and O–H groups in total. The molecule has 0 aliphatic carbocycles. The van der Waals surface area contributed by atoms with Crippen LogP contribution in [0.5, 0.6) is 5.75 Å². The lowest BCUT2D eigenvalue weighted by Gasteiger charge is -2.20. The van der Waals surface area contributed by atoms with Crippen LogP contribution in [-0.4, -0.2) is 29.4 Å². The Morgan fingerprint density at radius 1 is 1.55 bits per heavy atom. The summed E-state index contributed by atoms with van der Waals surface area (Å²) in [7, 11) is 0. The fourth-order valence-corrected chi connectivity index (χ4v) is 3.12. The molecule has 1 amide bonds. The van der Waals surface area contributed by atoms with E-state index in [4.69, 9.17) is 4.74 Å².